The Balaban J connectivity index is 2.01. The first kappa shape index (κ1) is 14.6. The molecule has 1 amide bonds. The standard InChI is InChI=1S/C13H15N5O3/c1-8-3-5-10(6-4-8)12-15-17-18(16-12)7-11(19)14-9(2)13(20)21/h3-6,9H,7H2,1-2H3,(H,14,19)(H,20,21). The van der Waals surface area contributed by atoms with Gasteiger partial charge < -0.3 is 10.4 Å². The van der Waals surface area contributed by atoms with Crippen molar-refractivity contribution in [1.29, 1.82) is 0 Å². The maximum absolute atomic E-state index is 11.6. The topological polar surface area (TPSA) is 110 Å². The first-order valence-electron chi connectivity index (χ1n) is 6.32. The van der Waals surface area contributed by atoms with Gasteiger partial charge >= 0.3 is 5.97 Å². The molecule has 0 saturated carbocycles. The van der Waals surface area contributed by atoms with Gasteiger partial charge in [-0.2, -0.15) is 4.80 Å². The van der Waals surface area contributed by atoms with E-state index in [1.54, 1.807) is 0 Å². The highest BCUT2D eigenvalue weighted by Gasteiger charge is 2.15. The third-order valence-electron chi connectivity index (χ3n) is 2.80. The summed E-state index contributed by atoms with van der Waals surface area (Å²) in [6.45, 7) is 3.17. The van der Waals surface area contributed by atoms with Crippen LogP contribution in [0.3, 0.4) is 0 Å². The fourth-order valence-electron chi connectivity index (χ4n) is 1.61. The van der Waals surface area contributed by atoms with Gasteiger partial charge in [-0.25, -0.2) is 0 Å². The summed E-state index contributed by atoms with van der Waals surface area (Å²) in [7, 11) is 0. The summed E-state index contributed by atoms with van der Waals surface area (Å²) in [5.41, 5.74) is 1.92. The van der Waals surface area contributed by atoms with E-state index in [0.29, 0.717) is 5.82 Å². The van der Waals surface area contributed by atoms with E-state index in [2.05, 4.69) is 20.7 Å². The lowest BCUT2D eigenvalue weighted by Crippen LogP contribution is -2.40. The molecule has 0 saturated heterocycles. The molecule has 8 nitrogen and oxygen atoms in total. The van der Waals surface area contributed by atoms with Gasteiger partial charge in [0.05, 0.1) is 0 Å². The van der Waals surface area contributed by atoms with Crippen molar-refractivity contribution in [3.8, 4) is 11.4 Å². The minimum atomic E-state index is -1.10. The number of rotatable bonds is 5. The van der Waals surface area contributed by atoms with Crippen LogP contribution in [0.25, 0.3) is 11.4 Å². The molecule has 1 unspecified atom stereocenters. The number of aliphatic carboxylic acids is 1. The lowest BCUT2D eigenvalue weighted by Gasteiger charge is -2.07. The Morgan fingerprint density at radius 3 is 2.62 bits per heavy atom. The van der Waals surface area contributed by atoms with E-state index in [1.807, 2.05) is 31.2 Å². The quantitative estimate of drug-likeness (QED) is 0.815. The zero-order chi connectivity index (χ0) is 15.4. The van der Waals surface area contributed by atoms with Crippen LogP contribution in [0.5, 0.6) is 0 Å². The van der Waals surface area contributed by atoms with Crippen molar-refractivity contribution >= 4 is 11.9 Å². The molecule has 1 heterocycles. The van der Waals surface area contributed by atoms with E-state index < -0.39 is 17.9 Å². The van der Waals surface area contributed by atoms with E-state index in [1.165, 1.54) is 6.92 Å². The van der Waals surface area contributed by atoms with Crippen molar-refractivity contribution < 1.29 is 14.7 Å². The van der Waals surface area contributed by atoms with Crippen LogP contribution >= 0.6 is 0 Å². The minimum Gasteiger partial charge on any atom is -0.480 e. The van der Waals surface area contributed by atoms with Crippen LogP contribution in [0.15, 0.2) is 24.3 Å². The highest BCUT2D eigenvalue weighted by atomic mass is 16.4. The summed E-state index contributed by atoms with van der Waals surface area (Å²) >= 11 is 0. The fourth-order valence-corrected chi connectivity index (χ4v) is 1.61. The van der Waals surface area contributed by atoms with E-state index in [-0.39, 0.29) is 6.54 Å². The first-order chi connectivity index (χ1) is 9.95. The van der Waals surface area contributed by atoms with E-state index >= 15 is 0 Å². The second kappa shape index (κ2) is 6.12. The number of nitrogens with one attached hydrogen (secondary N) is 1. The zero-order valence-corrected chi connectivity index (χ0v) is 11.6. The summed E-state index contributed by atoms with van der Waals surface area (Å²) in [6.07, 6.45) is 0. The van der Waals surface area contributed by atoms with Crippen LogP contribution in [0.2, 0.25) is 0 Å². The largest absolute Gasteiger partial charge is 0.480 e. The Morgan fingerprint density at radius 1 is 1.33 bits per heavy atom. The Kier molecular flexibility index (Phi) is 4.27. The number of carboxylic acid groups (broad SMARTS) is 1. The lowest BCUT2D eigenvalue weighted by molar-refractivity contribution is -0.141. The minimum absolute atomic E-state index is 0.184. The third kappa shape index (κ3) is 3.85. The van der Waals surface area contributed by atoms with Crippen molar-refractivity contribution in [1.82, 2.24) is 25.5 Å². The molecule has 0 aliphatic heterocycles. The van der Waals surface area contributed by atoms with Gasteiger partial charge in [-0.3, -0.25) is 9.59 Å². The molecule has 21 heavy (non-hydrogen) atoms. The van der Waals surface area contributed by atoms with Crippen molar-refractivity contribution in [2.45, 2.75) is 26.4 Å². The second-order valence-corrected chi connectivity index (χ2v) is 4.64. The number of hydrogen-bond acceptors (Lipinski definition) is 5. The van der Waals surface area contributed by atoms with Crippen molar-refractivity contribution in [2.75, 3.05) is 0 Å². The van der Waals surface area contributed by atoms with Gasteiger partial charge in [0.2, 0.25) is 11.7 Å². The molecule has 0 fully saturated rings. The molecule has 0 spiro atoms. The summed E-state index contributed by atoms with van der Waals surface area (Å²) in [5, 5.41) is 22.8. The van der Waals surface area contributed by atoms with E-state index in [4.69, 9.17) is 5.11 Å². The number of carbonyl (C=O) groups excluding carboxylic acids is 1. The summed E-state index contributed by atoms with van der Waals surface area (Å²) in [4.78, 5) is 23.4. The maximum atomic E-state index is 11.6. The second-order valence-electron chi connectivity index (χ2n) is 4.64. The molecule has 8 heteroatoms. The molecule has 0 radical (unpaired) electrons. The average molecular weight is 289 g/mol. The van der Waals surface area contributed by atoms with Crippen LogP contribution in [0.4, 0.5) is 0 Å². The number of carbonyl (C=O) groups is 2. The molecule has 1 atom stereocenters. The number of aryl methyl sites for hydroxylation is 1. The highest BCUT2D eigenvalue weighted by Crippen LogP contribution is 2.13. The van der Waals surface area contributed by atoms with Gasteiger partial charge in [0.1, 0.15) is 12.6 Å². The molecule has 0 aliphatic carbocycles. The first-order valence-corrected chi connectivity index (χ1v) is 6.32. The number of carboxylic acids is 1. The number of benzene rings is 1. The van der Waals surface area contributed by atoms with Gasteiger partial charge in [-0.05, 0) is 19.1 Å². The molecule has 2 rings (SSSR count). The molecule has 110 valence electrons. The predicted molar refractivity (Wildman–Crippen MR) is 73.2 cm³/mol. The Morgan fingerprint density at radius 2 is 2.00 bits per heavy atom. The SMILES string of the molecule is Cc1ccc(-c2nnn(CC(=O)NC(C)C(=O)O)n2)cc1. The van der Waals surface area contributed by atoms with Crippen molar-refractivity contribution in [2.24, 2.45) is 0 Å². The molecule has 0 bridgehead atoms. The predicted octanol–water partition coefficient (Wildman–Crippen LogP) is 0.238. The molecule has 1 aromatic heterocycles. The Bertz CT molecular complexity index is 650. The fraction of sp³-hybridized carbons (Fsp3) is 0.308. The molecule has 1 aromatic carbocycles. The van der Waals surface area contributed by atoms with Crippen LogP contribution in [0, 0.1) is 6.92 Å². The van der Waals surface area contributed by atoms with Gasteiger partial charge in [-0.1, -0.05) is 29.8 Å². The van der Waals surface area contributed by atoms with Crippen molar-refractivity contribution in [3.05, 3.63) is 29.8 Å². The average Bonchev–Trinajstić information content (AvgIpc) is 2.87. The van der Waals surface area contributed by atoms with Crippen LogP contribution in [-0.2, 0) is 16.1 Å². The van der Waals surface area contributed by atoms with Crippen molar-refractivity contribution in [3.63, 3.8) is 0 Å². The number of amides is 1. The zero-order valence-electron chi connectivity index (χ0n) is 11.6. The third-order valence-corrected chi connectivity index (χ3v) is 2.80. The van der Waals surface area contributed by atoms with Crippen LogP contribution in [-0.4, -0.2) is 43.2 Å². The number of nitrogens with zero attached hydrogens (tertiary/aromatic N) is 4. The smallest absolute Gasteiger partial charge is 0.325 e. The van der Waals surface area contributed by atoms with Gasteiger partial charge in [-0.15, -0.1) is 10.2 Å². The van der Waals surface area contributed by atoms with E-state index in [9.17, 15) is 9.59 Å². The molecular formula is C13H15N5O3. The number of tetrazole rings is 1. The lowest BCUT2D eigenvalue weighted by atomic mass is 10.1. The molecule has 2 aromatic rings. The summed E-state index contributed by atoms with van der Waals surface area (Å²) < 4.78 is 0. The van der Waals surface area contributed by atoms with Gasteiger partial charge in [0.25, 0.3) is 0 Å². The number of hydrogen-bond donors (Lipinski definition) is 2. The summed E-state index contributed by atoms with van der Waals surface area (Å²) in [6, 6.07) is 6.62. The molecular weight excluding hydrogens is 274 g/mol. The summed E-state index contributed by atoms with van der Waals surface area (Å²) in [5.74, 6) is -1.18. The van der Waals surface area contributed by atoms with Gasteiger partial charge in [0.15, 0.2) is 0 Å². The Labute approximate surface area is 120 Å². The number of aromatic nitrogens is 4. The highest BCUT2D eigenvalue weighted by molar-refractivity contribution is 5.82. The van der Waals surface area contributed by atoms with Crippen LogP contribution in [0.1, 0.15) is 12.5 Å². The monoisotopic (exact) mass is 289 g/mol. The van der Waals surface area contributed by atoms with Gasteiger partial charge in [0, 0.05) is 5.56 Å². The molecule has 2 N–H and O–H groups in total. The normalized spacial score (nSPS) is 11.9. The van der Waals surface area contributed by atoms with Crippen LogP contribution < -0.4 is 5.32 Å². The Hall–Kier alpha value is -2.77. The molecule has 0 aliphatic rings. The van der Waals surface area contributed by atoms with E-state index in [0.717, 1.165) is 15.9 Å². The maximum Gasteiger partial charge on any atom is 0.325 e.